The summed E-state index contributed by atoms with van der Waals surface area (Å²) in [4.78, 5) is 22.5. The van der Waals surface area contributed by atoms with Crippen LogP contribution in [0.25, 0.3) is 0 Å². The third-order valence-corrected chi connectivity index (χ3v) is 1.73. The molecule has 4 heteroatoms. The van der Waals surface area contributed by atoms with Gasteiger partial charge in [-0.05, 0) is 13.8 Å². The molecule has 0 N–H and O–H groups in total. The van der Waals surface area contributed by atoms with Gasteiger partial charge in [-0.15, -0.1) is 0 Å². The lowest BCUT2D eigenvalue weighted by Gasteiger charge is -2.12. The van der Waals surface area contributed by atoms with E-state index in [0.29, 0.717) is 0 Å². The molecule has 0 fully saturated rings. The Kier molecular flexibility index (Phi) is 2.70. The van der Waals surface area contributed by atoms with Crippen LogP contribution in [0.15, 0.2) is 12.2 Å². The fraction of sp³-hybridized carbons (Fsp3) is 0.556. The van der Waals surface area contributed by atoms with Crippen molar-refractivity contribution < 1.29 is 19.1 Å². The average molecular weight is 184 g/mol. The van der Waals surface area contributed by atoms with E-state index < -0.39 is 17.4 Å². The highest BCUT2D eigenvalue weighted by molar-refractivity contribution is 6.08. The molecule has 0 amide bonds. The number of carbonyl (C=O) groups is 2. The summed E-state index contributed by atoms with van der Waals surface area (Å²) in [5.41, 5.74) is -1.20. The summed E-state index contributed by atoms with van der Waals surface area (Å²) in [6.45, 7) is 3.92. The summed E-state index contributed by atoms with van der Waals surface area (Å²) >= 11 is 0. The van der Waals surface area contributed by atoms with Gasteiger partial charge >= 0.3 is 11.9 Å². The summed E-state index contributed by atoms with van der Waals surface area (Å²) in [5, 5.41) is 0. The highest BCUT2D eigenvalue weighted by atomic mass is 16.6. The third kappa shape index (κ3) is 1.71. The highest BCUT2D eigenvalue weighted by Crippen LogP contribution is 2.37. The SMILES string of the molecule is CCOC(=O)C1(C(=O)OCC)C=C1. The van der Waals surface area contributed by atoms with Crippen LogP contribution in [0.3, 0.4) is 0 Å². The molecule has 4 nitrogen and oxygen atoms in total. The minimum absolute atomic E-state index is 0.266. The van der Waals surface area contributed by atoms with E-state index in [1.807, 2.05) is 0 Å². The van der Waals surface area contributed by atoms with E-state index in [9.17, 15) is 9.59 Å². The fourth-order valence-corrected chi connectivity index (χ4v) is 0.940. The minimum atomic E-state index is -1.20. The van der Waals surface area contributed by atoms with Crippen molar-refractivity contribution in [2.75, 3.05) is 13.2 Å². The van der Waals surface area contributed by atoms with Gasteiger partial charge in [-0.2, -0.15) is 0 Å². The van der Waals surface area contributed by atoms with Crippen LogP contribution in [0.2, 0.25) is 0 Å². The summed E-state index contributed by atoms with van der Waals surface area (Å²) in [6, 6.07) is 0. The van der Waals surface area contributed by atoms with Crippen molar-refractivity contribution in [3.63, 3.8) is 0 Å². The first-order chi connectivity index (χ1) is 6.17. The van der Waals surface area contributed by atoms with E-state index in [1.165, 1.54) is 12.2 Å². The minimum Gasteiger partial charge on any atom is -0.465 e. The molecule has 72 valence electrons. The van der Waals surface area contributed by atoms with Crippen molar-refractivity contribution in [1.82, 2.24) is 0 Å². The third-order valence-electron chi connectivity index (χ3n) is 1.73. The number of carbonyl (C=O) groups excluding carboxylic acids is 2. The molecule has 1 aliphatic carbocycles. The molecule has 0 aromatic rings. The molecule has 0 atom stereocenters. The van der Waals surface area contributed by atoms with Crippen molar-refractivity contribution in [3.8, 4) is 0 Å². The molecule has 0 saturated heterocycles. The Labute approximate surface area is 76.5 Å². The van der Waals surface area contributed by atoms with Crippen molar-refractivity contribution in [3.05, 3.63) is 12.2 Å². The van der Waals surface area contributed by atoms with Crippen LogP contribution >= 0.6 is 0 Å². The lowest BCUT2D eigenvalue weighted by molar-refractivity contribution is -0.162. The van der Waals surface area contributed by atoms with Crippen molar-refractivity contribution >= 4 is 11.9 Å². The van der Waals surface area contributed by atoms with Gasteiger partial charge in [0, 0.05) is 0 Å². The smallest absolute Gasteiger partial charge is 0.331 e. The number of hydrogen-bond donors (Lipinski definition) is 0. The molecule has 13 heavy (non-hydrogen) atoms. The molecule has 1 aliphatic rings. The second-order valence-corrected chi connectivity index (χ2v) is 2.64. The zero-order chi connectivity index (χ0) is 9.90. The van der Waals surface area contributed by atoms with Crippen LogP contribution in [0.1, 0.15) is 13.8 Å². The van der Waals surface area contributed by atoms with E-state index in [4.69, 9.17) is 9.47 Å². The van der Waals surface area contributed by atoms with Gasteiger partial charge < -0.3 is 9.47 Å². The molecule has 0 aromatic carbocycles. The molecule has 0 heterocycles. The maximum atomic E-state index is 11.3. The van der Waals surface area contributed by atoms with Crippen molar-refractivity contribution in [1.29, 1.82) is 0 Å². The highest BCUT2D eigenvalue weighted by Gasteiger charge is 2.52. The molecule has 1 rings (SSSR count). The average Bonchev–Trinajstić information content (AvgIpc) is 2.85. The van der Waals surface area contributed by atoms with Gasteiger partial charge in [0.25, 0.3) is 0 Å². The lowest BCUT2D eigenvalue weighted by atomic mass is 10.1. The van der Waals surface area contributed by atoms with E-state index in [1.54, 1.807) is 13.8 Å². The van der Waals surface area contributed by atoms with Crippen LogP contribution in [0.4, 0.5) is 0 Å². The maximum Gasteiger partial charge on any atom is 0.331 e. The molecular formula is C9H12O4. The van der Waals surface area contributed by atoms with E-state index in [-0.39, 0.29) is 13.2 Å². The van der Waals surface area contributed by atoms with Crippen LogP contribution < -0.4 is 0 Å². The fourth-order valence-electron chi connectivity index (χ4n) is 0.940. The molecule has 0 spiro atoms. The molecule has 0 aliphatic heterocycles. The Morgan fingerprint density at radius 1 is 1.08 bits per heavy atom. The number of ether oxygens (including phenoxy) is 2. The normalized spacial score (nSPS) is 16.5. The predicted octanol–water partition coefficient (Wildman–Crippen LogP) is 0.669. The number of rotatable bonds is 4. The second-order valence-electron chi connectivity index (χ2n) is 2.64. The van der Waals surface area contributed by atoms with Crippen molar-refractivity contribution in [2.45, 2.75) is 13.8 Å². The maximum absolute atomic E-state index is 11.3. The topological polar surface area (TPSA) is 52.6 Å². The van der Waals surface area contributed by atoms with Gasteiger partial charge in [-0.3, -0.25) is 9.59 Å². The van der Waals surface area contributed by atoms with E-state index in [0.717, 1.165) is 0 Å². The number of hydrogen-bond acceptors (Lipinski definition) is 4. The predicted molar refractivity (Wildman–Crippen MR) is 44.8 cm³/mol. The lowest BCUT2D eigenvalue weighted by Crippen LogP contribution is -2.31. The Hall–Kier alpha value is -1.32. The largest absolute Gasteiger partial charge is 0.465 e. The number of esters is 2. The Morgan fingerprint density at radius 3 is 1.69 bits per heavy atom. The van der Waals surface area contributed by atoms with Gasteiger partial charge in [0.15, 0.2) is 0 Å². The van der Waals surface area contributed by atoms with Crippen LogP contribution in [-0.2, 0) is 19.1 Å². The Bertz CT molecular complexity index is 228. The Balaban J connectivity index is 2.56. The van der Waals surface area contributed by atoms with Crippen LogP contribution in [0.5, 0.6) is 0 Å². The van der Waals surface area contributed by atoms with Crippen molar-refractivity contribution in [2.24, 2.45) is 5.41 Å². The molecule has 0 aromatic heterocycles. The molecule has 0 unspecified atom stereocenters. The monoisotopic (exact) mass is 184 g/mol. The first-order valence-electron chi connectivity index (χ1n) is 4.22. The van der Waals surface area contributed by atoms with E-state index in [2.05, 4.69) is 0 Å². The first kappa shape index (κ1) is 9.77. The molecule has 0 radical (unpaired) electrons. The van der Waals surface area contributed by atoms with Gasteiger partial charge in [0.1, 0.15) is 0 Å². The molecule has 0 bridgehead atoms. The quantitative estimate of drug-likeness (QED) is 0.366. The summed E-state index contributed by atoms with van der Waals surface area (Å²) < 4.78 is 9.47. The first-order valence-corrected chi connectivity index (χ1v) is 4.22. The molecule has 0 saturated carbocycles. The van der Waals surface area contributed by atoms with Gasteiger partial charge in [0.2, 0.25) is 5.41 Å². The zero-order valence-electron chi connectivity index (χ0n) is 7.70. The Morgan fingerprint density at radius 2 is 1.46 bits per heavy atom. The van der Waals surface area contributed by atoms with Gasteiger partial charge in [-0.25, -0.2) is 0 Å². The van der Waals surface area contributed by atoms with Gasteiger partial charge in [0.05, 0.1) is 13.2 Å². The molecular weight excluding hydrogens is 172 g/mol. The van der Waals surface area contributed by atoms with Crippen LogP contribution in [-0.4, -0.2) is 25.2 Å². The van der Waals surface area contributed by atoms with Crippen LogP contribution in [0, 0.1) is 5.41 Å². The summed E-state index contributed by atoms with van der Waals surface area (Å²) in [6.07, 6.45) is 2.98. The standard InChI is InChI=1S/C9H12O4/c1-3-12-7(10)9(5-6-9)8(11)13-4-2/h5-6H,3-4H2,1-2H3. The zero-order valence-corrected chi connectivity index (χ0v) is 7.70. The summed E-state index contributed by atoms with van der Waals surface area (Å²) in [7, 11) is 0. The van der Waals surface area contributed by atoms with Gasteiger partial charge in [-0.1, -0.05) is 12.2 Å². The second kappa shape index (κ2) is 3.60. The summed E-state index contributed by atoms with van der Waals surface area (Å²) in [5.74, 6) is -1.10. The van der Waals surface area contributed by atoms with E-state index >= 15 is 0 Å².